The third-order valence-electron chi connectivity index (χ3n) is 2.98. The van der Waals surface area contributed by atoms with Gasteiger partial charge in [0.25, 0.3) is 0 Å². The van der Waals surface area contributed by atoms with Gasteiger partial charge in [-0.1, -0.05) is 48.5 Å². The average molecular weight is 277 g/mol. The normalized spacial score (nSPS) is 10.3. The average Bonchev–Trinajstić information content (AvgIpc) is 2.53. The summed E-state index contributed by atoms with van der Waals surface area (Å²) in [6.07, 6.45) is 2.96. The lowest BCUT2D eigenvalue weighted by Crippen LogP contribution is -1.99. The van der Waals surface area contributed by atoms with Crippen LogP contribution in [0.5, 0.6) is 0 Å². The van der Waals surface area contributed by atoms with Crippen molar-refractivity contribution in [1.29, 1.82) is 5.26 Å². The lowest BCUT2D eigenvalue weighted by Gasteiger charge is -2.07. The number of benzene rings is 2. The fraction of sp³-hybridized carbons (Fsp3) is 0.111. The number of esters is 1. The van der Waals surface area contributed by atoms with Crippen LogP contribution in [0.4, 0.5) is 0 Å². The summed E-state index contributed by atoms with van der Waals surface area (Å²) in [6.45, 7) is 2.08. The fourth-order valence-electron chi connectivity index (χ4n) is 2.04. The van der Waals surface area contributed by atoms with Gasteiger partial charge >= 0.3 is 5.97 Å². The van der Waals surface area contributed by atoms with E-state index >= 15 is 0 Å². The molecule has 0 heterocycles. The van der Waals surface area contributed by atoms with Crippen molar-refractivity contribution in [3.8, 4) is 17.2 Å². The van der Waals surface area contributed by atoms with Gasteiger partial charge in [0.05, 0.1) is 12.2 Å². The largest absolute Gasteiger partial charge is 0.463 e. The summed E-state index contributed by atoms with van der Waals surface area (Å²) in [5, 5.41) is 9.43. The number of carbonyl (C=O) groups is 1. The van der Waals surface area contributed by atoms with Crippen LogP contribution in [0, 0.1) is 11.3 Å². The third-order valence-corrected chi connectivity index (χ3v) is 2.98. The van der Waals surface area contributed by atoms with Crippen molar-refractivity contribution in [3.05, 3.63) is 65.7 Å². The Balaban J connectivity index is 2.41. The van der Waals surface area contributed by atoms with Crippen LogP contribution in [0.2, 0.25) is 0 Å². The van der Waals surface area contributed by atoms with Gasteiger partial charge in [0.1, 0.15) is 6.07 Å². The Hall–Kier alpha value is -2.86. The molecule has 0 amide bonds. The first-order valence-electron chi connectivity index (χ1n) is 6.69. The van der Waals surface area contributed by atoms with Gasteiger partial charge in [-0.05, 0) is 24.1 Å². The molecule has 3 nitrogen and oxygen atoms in total. The monoisotopic (exact) mass is 277 g/mol. The lowest BCUT2D eigenvalue weighted by molar-refractivity contribution is -0.137. The van der Waals surface area contributed by atoms with Gasteiger partial charge in [-0.25, -0.2) is 4.79 Å². The van der Waals surface area contributed by atoms with Crippen molar-refractivity contribution in [2.45, 2.75) is 6.92 Å². The van der Waals surface area contributed by atoms with Crippen LogP contribution in [-0.4, -0.2) is 12.6 Å². The molecule has 0 unspecified atom stereocenters. The third kappa shape index (κ3) is 3.58. The highest BCUT2D eigenvalue weighted by Gasteiger charge is 2.08. The van der Waals surface area contributed by atoms with E-state index in [1.54, 1.807) is 19.1 Å². The number of carbonyl (C=O) groups excluding carboxylic acids is 1. The minimum atomic E-state index is -0.411. The Morgan fingerprint density at radius 3 is 2.62 bits per heavy atom. The number of ether oxygens (including phenoxy) is 1. The Morgan fingerprint density at radius 1 is 1.19 bits per heavy atom. The van der Waals surface area contributed by atoms with E-state index in [4.69, 9.17) is 4.74 Å². The Labute approximate surface area is 124 Å². The molecular weight excluding hydrogens is 262 g/mol. The van der Waals surface area contributed by atoms with E-state index in [9.17, 15) is 10.1 Å². The van der Waals surface area contributed by atoms with Crippen LogP contribution in [0.3, 0.4) is 0 Å². The Kier molecular flexibility index (Phi) is 4.89. The summed E-state index contributed by atoms with van der Waals surface area (Å²) in [6, 6.07) is 17.5. The van der Waals surface area contributed by atoms with Crippen molar-refractivity contribution in [2.24, 2.45) is 0 Å². The van der Waals surface area contributed by atoms with Crippen LogP contribution in [0.25, 0.3) is 17.2 Å². The molecule has 2 rings (SSSR count). The first-order chi connectivity index (χ1) is 10.3. The SMILES string of the molecule is CCOC(=O)/C=C/c1cccc(-c2ccccc2)c1C#N. The number of nitriles is 1. The van der Waals surface area contributed by atoms with Gasteiger partial charge in [-0.3, -0.25) is 0 Å². The van der Waals surface area contributed by atoms with Crippen LogP contribution < -0.4 is 0 Å². The Morgan fingerprint density at radius 2 is 1.95 bits per heavy atom. The molecule has 0 spiro atoms. The first-order valence-corrected chi connectivity index (χ1v) is 6.69. The van der Waals surface area contributed by atoms with Gasteiger partial charge in [0.15, 0.2) is 0 Å². The summed E-state index contributed by atoms with van der Waals surface area (Å²) in [5.41, 5.74) is 3.07. The number of hydrogen-bond acceptors (Lipinski definition) is 3. The van der Waals surface area contributed by atoms with E-state index < -0.39 is 5.97 Å². The highest BCUT2D eigenvalue weighted by atomic mass is 16.5. The molecule has 0 saturated carbocycles. The molecule has 0 radical (unpaired) electrons. The molecule has 2 aromatic carbocycles. The highest BCUT2D eigenvalue weighted by Crippen LogP contribution is 2.26. The van der Waals surface area contributed by atoms with Crippen molar-refractivity contribution < 1.29 is 9.53 Å². The molecule has 0 aliphatic heterocycles. The summed E-state index contributed by atoms with van der Waals surface area (Å²) in [5.74, 6) is -0.411. The summed E-state index contributed by atoms with van der Waals surface area (Å²) in [7, 11) is 0. The highest BCUT2D eigenvalue weighted by molar-refractivity contribution is 5.88. The second-order valence-electron chi connectivity index (χ2n) is 4.33. The molecule has 0 saturated heterocycles. The minimum Gasteiger partial charge on any atom is -0.463 e. The zero-order valence-corrected chi connectivity index (χ0v) is 11.7. The molecule has 0 aliphatic rings. The van der Waals surface area contributed by atoms with Gasteiger partial charge in [-0.2, -0.15) is 5.26 Å². The molecule has 0 atom stereocenters. The van der Waals surface area contributed by atoms with E-state index in [1.165, 1.54) is 6.08 Å². The van der Waals surface area contributed by atoms with E-state index in [1.807, 2.05) is 42.5 Å². The van der Waals surface area contributed by atoms with Crippen LogP contribution >= 0.6 is 0 Å². The number of rotatable bonds is 4. The van der Waals surface area contributed by atoms with E-state index in [0.29, 0.717) is 17.7 Å². The molecule has 0 bridgehead atoms. The molecule has 104 valence electrons. The summed E-state index contributed by atoms with van der Waals surface area (Å²) < 4.78 is 4.84. The fourth-order valence-corrected chi connectivity index (χ4v) is 2.04. The molecular formula is C18H15NO2. The van der Waals surface area contributed by atoms with Crippen LogP contribution in [0.15, 0.2) is 54.6 Å². The molecule has 0 N–H and O–H groups in total. The second-order valence-corrected chi connectivity index (χ2v) is 4.33. The van der Waals surface area contributed by atoms with Gasteiger partial charge < -0.3 is 4.74 Å². The van der Waals surface area contributed by atoms with Crippen LogP contribution in [-0.2, 0) is 9.53 Å². The van der Waals surface area contributed by atoms with E-state index in [0.717, 1.165) is 11.1 Å². The number of nitrogens with zero attached hydrogens (tertiary/aromatic N) is 1. The molecule has 0 aliphatic carbocycles. The maximum absolute atomic E-state index is 11.4. The van der Waals surface area contributed by atoms with Crippen molar-refractivity contribution in [1.82, 2.24) is 0 Å². The molecule has 21 heavy (non-hydrogen) atoms. The zero-order chi connectivity index (χ0) is 15.1. The Bertz CT molecular complexity index is 697. The molecule has 0 fully saturated rings. The molecule has 2 aromatic rings. The molecule has 3 heteroatoms. The van der Waals surface area contributed by atoms with Crippen molar-refractivity contribution in [2.75, 3.05) is 6.61 Å². The van der Waals surface area contributed by atoms with E-state index in [2.05, 4.69) is 6.07 Å². The van der Waals surface area contributed by atoms with Crippen molar-refractivity contribution >= 4 is 12.0 Å². The van der Waals surface area contributed by atoms with Crippen LogP contribution in [0.1, 0.15) is 18.1 Å². The van der Waals surface area contributed by atoms with E-state index in [-0.39, 0.29) is 0 Å². The smallest absolute Gasteiger partial charge is 0.330 e. The number of hydrogen-bond donors (Lipinski definition) is 0. The standard InChI is InChI=1S/C18H15NO2/c1-2-21-18(20)12-11-15-9-6-10-16(17(15)13-19)14-7-4-3-5-8-14/h3-12H,2H2,1H3/b12-11+. The zero-order valence-electron chi connectivity index (χ0n) is 11.7. The minimum absolute atomic E-state index is 0.332. The predicted molar refractivity (Wildman–Crippen MR) is 82.3 cm³/mol. The predicted octanol–water partition coefficient (Wildman–Crippen LogP) is 3.80. The van der Waals surface area contributed by atoms with Gasteiger partial charge in [0, 0.05) is 11.6 Å². The maximum Gasteiger partial charge on any atom is 0.330 e. The quantitative estimate of drug-likeness (QED) is 0.631. The lowest BCUT2D eigenvalue weighted by atomic mass is 9.96. The maximum atomic E-state index is 11.4. The van der Waals surface area contributed by atoms with Gasteiger partial charge in [-0.15, -0.1) is 0 Å². The van der Waals surface area contributed by atoms with Gasteiger partial charge in [0.2, 0.25) is 0 Å². The molecule has 0 aromatic heterocycles. The summed E-state index contributed by atoms with van der Waals surface area (Å²) in [4.78, 5) is 11.4. The topological polar surface area (TPSA) is 50.1 Å². The first kappa shape index (κ1) is 14.5. The van der Waals surface area contributed by atoms with Crippen molar-refractivity contribution in [3.63, 3.8) is 0 Å². The summed E-state index contributed by atoms with van der Waals surface area (Å²) >= 11 is 0. The second kappa shape index (κ2) is 7.06.